The summed E-state index contributed by atoms with van der Waals surface area (Å²) in [6.07, 6.45) is 1.52. The summed E-state index contributed by atoms with van der Waals surface area (Å²) < 4.78 is 1.43. The zero-order valence-corrected chi connectivity index (χ0v) is 28.2. The summed E-state index contributed by atoms with van der Waals surface area (Å²) in [5.74, 6) is 4.58. The molecule has 0 heterocycles. The van der Waals surface area contributed by atoms with E-state index in [1.54, 1.807) is 0 Å². The van der Waals surface area contributed by atoms with Gasteiger partial charge < -0.3 is 0 Å². The van der Waals surface area contributed by atoms with Crippen molar-refractivity contribution < 1.29 is 9.59 Å². The Hall–Kier alpha value is 0.283. The summed E-state index contributed by atoms with van der Waals surface area (Å²) in [7, 11) is 1.61. The summed E-state index contributed by atoms with van der Waals surface area (Å²) in [6.45, 7) is 9.92. The maximum atomic E-state index is 11.7. The molecule has 1 rings (SSSR count). The molecule has 0 saturated carbocycles. The van der Waals surface area contributed by atoms with E-state index in [0.717, 1.165) is 37.4 Å². The summed E-state index contributed by atoms with van der Waals surface area (Å²) in [5, 5.41) is 6.70. The molecule has 198 valence electrons. The molecule has 2 atom stereocenters. The normalized spacial score (nSPS) is 13.1. The minimum atomic E-state index is -2.47. The van der Waals surface area contributed by atoms with Crippen molar-refractivity contribution in [2.24, 2.45) is 23.3 Å². The first-order valence-electron chi connectivity index (χ1n) is 11.4. The van der Waals surface area contributed by atoms with Gasteiger partial charge in [0.2, 0.25) is 0 Å². The third kappa shape index (κ3) is 14.7. The van der Waals surface area contributed by atoms with Gasteiger partial charge in [-0.3, -0.25) is 0 Å². The van der Waals surface area contributed by atoms with Crippen LogP contribution in [0.5, 0.6) is 0 Å². The van der Waals surface area contributed by atoms with Crippen LogP contribution in [0.25, 0.3) is 0 Å². The molecule has 0 aliphatic heterocycles. The molecular formula is C23H44Br2GeN4O2S2. The molecule has 34 heavy (non-hydrogen) atoms. The van der Waals surface area contributed by atoms with Crippen LogP contribution in [0.3, 0.4) is 0 Å². The second-order valence-electron chi connectivity index (χ2n) is 9.09. The number of nitrogens with two attached hydrogens (primary N) is 2. The number of nitrogens with one attached hydrogen (secondary N) is 2. The van der Waals surface area contributed by atoms with E-state index >= 15 is 0 Å². The molecule has 6 N–H and O–H groups in total. The number of halogens is 2. The van der Waals surface area contributed by atoms with Crippen LogP contribution in [0.2, 0.25) is 5.76 Å². The van der Waals surface area contributed by atoms with Crippen LogP contribution in [0.1, 0.15) is 40.5 Å². The molecule has 1 aromatic rings. The van der Waals surface area contributed by atoms with E-state index in [-0.39, 0.29) is 57.9 Å². The van der Waals surface area contributed by atoms with Crippen molar-refractivity contribution in [1.29, 1.82) is 0 Å². The second-order valence-corrected chi connectivity index (χ2v) is 29.1. The van der Waals surface area contributed by atoms with Crippen molar-refractivity contribution in [3.8, 4) is 0 Å². The zero-order chi connectivity index (χ0) is 24.1. The molecule has 0 aliphatic rings. The Balaban J connectivity index is 0. The van der Waals surface area contributed by atoms with Gasteiger partial charge in [0.25, 0.3) is 0 Å². The van der Waals surface area contributed by atoms with Gasteiger partial charge in [-0.05, 0) is 0 Å². The van der Waals surface area contributed by atoms with E-state index in [0.29, 0.717) is 11.8 Å². The van der Waals surface area contributed by atoms with Crippen molar-refractivity contribution in [3.63, 3.8) is 0 Å². The van der Waals surface area contributed by atoms with Crippen molar-refractivity contribution in [2.75, 3.05) is 24.6 Å². The Kier molecular flexibility index (Phi) is 20.8. The van der Waals surface area contributed by atoms with Gasteiger partial charge in [0.1, 0.15) is 0 Å². The van der Waals surface area contributed by atoms with Gasteiger partial charge in [0.05, 0.1) is 0 Å². The van der Waals surface area contributed by atoms with Gasteiger partial charge >= 0.3 is 204 Å². The van der Waals surface area contributed by atoms with Crippen LogP contribution in [0.15, 0.2) is 30.3 Å². The van der Waals surface area contributed by atoms with Crippen LogP contribution in [-0.2, 0) is 9.59 Å². The molecule has 0 unspecified atom stereocenters. The molecule has 11 heteroatoms. The third-order valence-corrected chi connectivity index (χ3v) is 25.6. The molecule has 0 aliphatic carbocycles. The van der Waals surface area contributed by atoms with Gasteiger partial charge in [-0.15, -0.1) is 34.0 Å². The summed E-state index contributed by atoms with van der Waals surface area (Å²) in [6, 6.07) is 10.2. The Labute approximate surface area is 236 Å². The van der Waals surface area contributed by atoms with E-state index in [9.17, 15) is 9.59 Å². The Morgan fingerprint density at radius 1 is 0.824 bits per heavy atom. The fourth-order valence-corrected chi connectivity index (χ4v) is 20.9. The monoisotopic (exact) mass is 704 g/mol. The van der Waals surface area contributed by atoms with E-state index in [2.05, 4.69) is 74.4 Å². The molecule has 0 fully saturated rings. The number of amides is 2. The zero-order valence-electron chi connectivity index (χ0n) is 21.0. The van der Waals surface area contributed by atoms with E-state index < -0.39 is 11.0 Å². The SMILES string of the molecule is Br.Br.CC(C)C[C@H](NCC[S][Ge]([CH3])([S]CCN[C@@H](CC(C)C)C(N)=O)[c]1ccccc1)C(N)=O. The Morgan fingerprint density at radius 3 is 1.53 bits per heavy atom. The molecular weight excluding hydrogens is 661 g/mol. The van der Waals surface area contributed by atoms with Crippen LogP contribution in [0, 0.1) is 11.8 Å². The molecule has 0 spiro atoms. The molecule has 2 amide bonds. The standard InChI is InChI=1S/C23H42GeN4O2S2.2BrH/c1-17(2)15-20(22(25)29)27-11-13-31-24(5,19-9-7-6-8-10-19)32-14-12-28-21(23(26)30)16-18(3)4;;/h6-10,17-18,20-21,27-28H,11-16H2,1-5H3,(H2,25,29)(H2,26,30);2*1H/t20-,21-;;/m0../s1. The van der Waals surface area contributed by atoms with Gasteiger partial charge in [0, 0.05) is 0 Å². The molecule has 6 nitrogen and oxygen atoms in total. The summed E-state index contributed by atoms with van der Waals surface area (Å²) in [5.41, 5.74) is 11.1. The Bertz CT molecular complexity index is 667. The molecule has 0 bridgehead atoms. The molecule has 0 saturated heterocycles. The van der Waals surface area contributed by atoms with Crippen molar-refractivity contribution in [3.05, 3.63) is 30.3 Å². The maximum absolute atomic E-state index is 11.7. The summed E-state index contributed by atoms with van der Waals surface area (Å²) in [4.78, 5) is 23.4. The third-order valence-electron chi connectivity index (χ3n) is 5.14. The molecule has 0 aromatic heterocycles. The van der Waals surface area contributed by atoms with Crippen LogP contribution in [0.4, 0.5) is 0 Å². The number of carbonyl (C=O) groups is 2. The van der Waals surface area contributed by atoms with Gasteiger partial charge in [-0.25, -0.2) is 0 Å². The number of carbonyl (C=O) groups excluding carboxylic acids is 2. The number of hydrogen-bond donors (Lipinski definition) is 4. The van der Waals surface area contributed by atoms with Crippen LogP contribution < -0.4 is 26.5 Å². The van der Waals surface area contributed by atoms with Gasteiger partial charge in [0.15, 0.2) is 0 Å². The number of primary amides is 2. The number of rotatable bonds is 17. The minimum absolute atomic E-state index is 0. The van der Waals surface area contributed by atoms with Crippen LogP contribution >= 0.6 is 54.1 Å². The first kappa shape index (κ1) is 36.4. The second kappa shape index (κ2) is 19.4. The predicted octanol–water partition coefficient (Wildman–Crippen LogP) is 3.57. The summed E-state index contributed by atoms with van der Waals surface area (Å²) >= 11 is 0. The topological polar surface area (TPSA) is 110 Å². The van der Waals surface area contributed by atoms with Gasteiger partial charge in [-0.2, -0.15) is 0 Å². The quantitative estimate of drug-likeness (QED) is 0.146. The number of hydrogen-bond acceptors (Lipinski definition) is 6. The first-order chi connectivity index (χ1) is 15.0. The van der Waals surface area contributed by atoms with Crippen LogP contribution in [-0.4, -0.2) is 59.5 Å². The Morgan fingerprint density at radius 2 is 1.21 bits per heavy atom. The van der Waals surface area contributed by atoms with Gasteiger partial charge in [-0.1, -0.05) is 0 Å². The van der Waals surface area contributed by atoms with E-state index in [1.807, 2.05) is 20.2 Å². The molecule has 1 aromatic carbocycles. The number of benzene rings is 1. The first-order valence-corrected chi connectivity index (χ1v) is 21.7. The fourth-order valence-electron chi connectivity index (χ4n) is 3.45. The van der Waals surface area contributed by atoms with Crippen molar-refractivity contribution in [1.82, 2.24) is 10.6 Å². The fraction of sp³-hybridized carbons (Fsp3) is 0.652. The molecule has 0 radical (unpaired) electrons. The average molecular weight is 705 g/mol. The van der Waals surface area contributed by atoms with E-state index in [4.69, 9.17) is 11.5 Å². The predicted molar refractivity (Wildman–Crippen MR) is 164 cm³/mol. The van der Waals surface area contributed by atoms with Crippen molar-refractivity contribution >= 4 is 81.3 Å². The average Bonchev–Trinajstić information content (AvgIpc) is 2.72. The van der Waals surface area contributed by atoms with Crippen molar-refractivity contribution in [2.45, 2.75) is 58.4 Å². The van der Waals surface area contributed by atoms with E-state index in [1.165, 1.54) is 4.40 Å².